The van der Waals surface area contributed by atoms with Crippen molar-refractivity contribution >= 4 is 11.9 Å². The summed E-state index contributed by atoms with van der Waals surface area (Å²) in [6.45, 7) is -0.342. The molecule has 1 atom stereocenters. The van der Waals surface area contributed by atoms with Crippen LogP contribution in [0.25, 0.3) is 0 Å². The molecule has 19 heavy (non-hydrogen) atoms. The van der Waals surface area contributed by atoms with Crippen LogP contribution in [0.2, 0.25) is 0 Å². The van der Waals surface area contributed by atoms with Crippen LogP contribution < -0.4 is 0 Å². The van der Waals surface area contributed by atoms with Crippen molar-refractivity contribution in [3.8, 4) is 0 Å². The first-order valence-electron chi connectivity index (χ1n) is 5.48. The highest BCUT2D eigenvalue weighted by atomic mass is 19.4. The molecule has 1 aliphatic rings. The highest BCUT2D eigenvalue weighted by molar-refractivity contribution is 5.87. The number of benzene rings is 1. The summed E-state index contributed by atoms with van der Waals surface area (Å²) < 4.78 is 37.4. The molecule has 1 aromatic carbocycles. The van der Waals surface area contributed by atoms with E-state index in [4.69, 9.17) is 5.11 Å². The Hall–Kier alpha value is -2.05. The number of fused-ring (bicyclic) bond motifs is 1. The van der Waals surface area contributed by atoms with Crippen molar-refractivity contribution < 1.29 is 27.9 Å². The lowest BCUT2D eigenvalue weighted by atomic mass is 9.94. The minimum atomic E-state index is -5.07. The number of aliphatic carboxylic acids is 1. The first-order chi connectivity index (χ1) is 8.80. The van der Waals surface area contributed by atoms with Crippen molar-refractivity contribution in [1.82, 2.24) is 4.90 Å². The molecule has 1 N–H and O–H groups in total. The van der Waals surface area contributed by atoms with Crippen LogP contribution in [-0.4, -0.2) is 34.1 Å². The summed E-state index contributed by atoms with van der Waals surface area (Å²) in [6.07, 6.45) is -5.19. The van der Waals surface area contributed by atoms with E-state index in [1.54, 1.807) is 24.3 Å². The maximum absolute atomic E-state index is 12.5. The molecule has 1 heterocycles. The summed E-state index contributed by atoms with van der Waals surface area (Å²) >= 11 is 0. The van der Waals surface area contributed by atoms with E-state index in [0.29, 0.717) is 16.0 Å². The van der Waals surface area contributed by atoms with Crippen LogP contribution in [0.4, 0.5) is 13.2 Å². The summed E-state index contributed by atoms with van der Waals surface area (Å²) in [6, 6.07) is 5.07. The van der Waals surface area contributed by atoms with Crippen LogP contribution >= 0.6 is 0 Å². The summed E-state index contributed by atoms with van der Waals surface area (Å²) in [5.74, 6) is -3.55. The van der Waals surface area contributed by atoms with Crippen molar-refractivity contribution in [2.75, 3.05) is 0 Å². The molecule has 7 heteroatoms. The van der Waals surface area contributed by atoms with Crippen molar-refractivity contribution in [3.63, 3.8) is 0 Å². The van der Waals surface area contributed by atoms with Gasteiger partial charge in [-0.25, -0.2) is 4.79 Å². The second-order valence-corrected chi connectivity index (χ2v) is 4.26. The highest BCUT2D eigenvalue weighted by Crippen LogP contribution is 2.28. The fraction of sp³-hybridized carbons (Fsp3) is 0.333. The van der Waals surface area contributed by atoms with Crippen LogP contribution in [0.1, 0.15) is 11.1 Å². The number of nitrogens with zero attached hydrogens (tertiary/aromatic N) is 1. The molecule has 0 radical (unpaired) electrons. The number of hydrogen-bond acceptors (Lipinski definition) is 2. The third-order valence-electron chi connectivity index (χ3n) is 3.04. The standard InChI is InChI=1S/C12H10F3NO3/c13-12(14,15)11(19)16-6-8-4-2-1-3-7(8)5-9(16)10(17)18/h1-4,9H,5-6H2,(H,17,18). The predicted molar refractivity (Wildman–Crippen MR) is 58.2 cm³/mol. The number of halogens is 3. The molecule has 0 saturated heterocycles. The predicted octanol–water partition coefficient (Wildman–Crippen LogP) is 1.59. The third-order valence-corrected chi connectivity index (χ3v) is 3.04. The summed E-state index contributed by atoms with van der Waals surface area (Å²) in [4.78, 5) is 22.7. The van der Waals surface area contributed by atoms with Crippen LogP contribution in [0.15, 0.2) is 24.3 Å². The normalized spacial score (nSPS) is 18.9. The summed E-state index contributed by atoms with van der Waals surface area (Å²) in [5, 5.41) is 8.99. The minimum Gasteiger partial charge on any atom is -0.480 e. The maximum atomic E-state index is 12.5. The van der Waals surface area contributed by atoms with Gasteiger partial charge in [0.2, 0.25) is 0 Å². The molecule has 1 amide bonds. The zero-order chi connectivity index (χ0) is 14.2. The van der Waals surface area contributed by atoms with Crippen LogP contribution in [0, 0.1) is 0 Å². The third kappa shape index (κ3) is 2.54. The van der Waals surface area contributed by atoms with E-state index in [-0.39, 0.29) is 13.0 Å². The van der Waals surface area contributed by atoms with Crippen LogP contribution in [0.3, 0.4) is 0 Å². The molecule has 0 aromatic heterocycles. The maximum Gasteiger partial charge on any atom is 0.471 e. The first kappa shape index (κ1) is 13.4. The Morgan fingerprint density at radius 1 is 1.21 bits per heavy atom. The second-order valence-electron chi connectivity index (χ2n) is 4.26. The number of carbonyl (C=O) groups is 2. The molecule has 4 nitrogen and oxygen atoms in total. The van der Waals surface area contributed by atoms with E-state index < -0.39 is 24.1 Å². The van der Waals surface area contributed by atoms with Gasteiger partial charge in [0.1, 0.15) is 6.04 Å². The van der Waals surface area contributed by atoms with Crippen molar-refractivity contribution in [2.24, 2.45) is 0 Å². The average Bonchev–Trinajstić information content (AvgIpc) is 2.35. The summed E-state index contributed by atoms with van der Waals surface area (Å²) in [5.41, 5.74) is 1.19. The molecular formula is C12H10F3NO3. The van der Waals surface area contributed by atoms with E-state index in [1.807, 2.05) is 0 Å². The lowest BCUT2D eigenvalue weighted by Gasteiger charge is -2.34. The van der Waals surface area contributed by atoms with E-state index in [9.17, 15) is 22.8 Å². The Morgan fingerprint density at radius 3 is 2.32 bits per heavy atom. The smallest absolute Gasteiger partial charge is 0.471 e. The number of rotatable bonds is 1. The number of carbonyl (C=O) groups excluding carboxylic acids is 1. The number of carboxylic acid groups (broad SMARTS) is 1. The van der Waals surface area contributed by atoms with E-state index in [2.05, 4.69) is 0 Å². The van der Waals surface area contributed by atoms with E-state index in [1.165, 1.54) is 0 Å². The Kier molecular flexibility index (Phi) is 3.21. The Labute approximate surface area is 106 Å². The van der Waals surface area contributed by atoms with Gasteiger partial charge in [0.25, 0.3) is 0 Å². The quantitative estimate of drug-likeness (QED) is 0.845. The zero-order valence-corrected chi connectivity index (χ0v) is 9.65. The monoisotopic (exact) mass is 273 g/mol. The van der Waals surface area contributed by atoms with Gasteiger partial charge in [-0.15, -0.1) is 0 Å². The van der Waals surface area contributed by atoms with Crippen molar-refractivity contribution in [3.05, 3.63) is 35.4 Å². The zero-order valence-electron chi connectivity index (χ0n) is 9.65. The molecule has 0 bridgehead atoms. The SMILES string of the molecule is O=C(O)C1Cc2ccccc2CN1C(=O)C(F)(F)F. The molecular weight excluding hydrogens is 263 g/mol. The lowest BCUT2D eigenvalue weighted by Crippen LogP contribution is -2.52. The van der Waals surface area contributed by atoms with E-state index in [0.717, 1.165) is 0 Å². The Balaban J connectivity index is 2.37. The van der Waals surface area contributed by atoms with Gasteiger partial charge in [0, 0.05) is 13.0 Å². The van der Waals surface area contributed by atoms with Gasteiger partial charge in [-0.2, -0.15) is 13.2 Å². The van der Waals surface area contributed by atoms with Crippen molar-refractivity contribution in [1.29, 1.82) is 0 Å². The van der Waals surface area contributed by atoms with Crippen LogP contribution in [-0.2, 0) is 22.6 Å². The van der Waals surface area contributed by atoms with Crippen LogP contribution in [0.5, 0.6) is 0 Å². The molecule has 102 valence electrons. The van der Waals surface area contributed by atoms with E-state index >= 15 is 0 Å². The summed E-state index contributed by atoms with van der Waals surface area (Å²) in [7, 11) is 0. The molecule has 1 unspecified atom stereocenters. The van der Waals surface area contributed by atoms with Gasteiger partial charge < -0.3 is 10.0 Å². The number of hydrogen-bond donors (Lipinski definition) is 1. The first-order valence-corrected chi connectivity index (χ1v) is 5.48. The fourth-order valence-electron chi connectivity index (χ4n) is 2.12. The second kappa shape index (κ2) is 4.56. The molecule has 2 rings (SSSR count). The molecule has 0 fully saturated rings. The Morgan fingerprint density at radius 2 is 1.79 bits per heavy atom. The number of alkyl halides is 3. The largest absolute Gasteiger partial charge is 0.480 e. The van der Waals surface area contributed by atoms with Gasteiger partial charge in [-0.1, -0.05) is 24.3 Å². The number of amides is 1. The highest BCUT2D eigenvalue weighted by Gasteiger charge is 2.47. The number of carboxylic acids is 1. The lowest BCUT2D eigenvalue weighted by molar-refractivity contribution is -0.191. The van der Waals surface area contributed by atoms with Gasteiger partial charge in [-0.3, -0.25) is 4.79 Å². The van der Waals surface area contributed by atoms with Gasteiger partial charge in [-0.05, 0) is 11.1 Å². The van der Waals surface area contributed by atoms with Gasteiger partial charge in [0.05, 0.1) is 0 Å². The minimum absolute atomic E-state index is 0.118. The van der Waals surface area contributed by atoms with Gasteiger partial charge >= 0.3 is 18.1 Å². The molecule has 0 saturated carbocycles. The van der Waals surface area contributed by atoms with Gasteiger partial charge in [0.15, 0.2) is 0 Å². The molecule has 1 aliphatic heterocycles. The average molecular weight is 273 g/mol. The van der Waals surface area contributed by atoms with Crippen molar-refractivity contribution in [2.45, 2.75) is 25.2 Å². The molecule has 0 aliphatic carbocycles. The molecule has 1 aromatic rings. The fourth-order valence-corrected chi connectivity index (χ4v) is 2.12. The topological polar surface area (TPSA) is 57.6 Å². The Bertz CT molecular complexity index is 527. The molecule has 0 spiro atoms.